The number of hydrogen-bond donors (Lipinski definition) is 0. The lowest BCUT2D eigenvalue weighted by atomic mass is 10.1. The van der Waals surface area contributed by atoms with Gasteiger partial charge in [-0.2, -0.15) is 0 Å². The van der Waals surface area contributed by atoms with Gasteiger partial charge in [0.25, 0.3) is 0 Å². The second-order valence-corrected chi connectivity index (χ2v) is 2.68. The van der Waals surface area contributed by atoms with E-state index in [4.69, 9.17) is 4.74 Å². The highest BCUT2D eigenvalue weighted by molar-refractivity contribution is 5.69. The third-order valence-electron chi connectivity index (χ3n) is 1.61. The van der Waals surface area contributed by atoms with Crippen LogP contribution in [0.3, 0.4) is 0 Å². The normalized spacial score (nSPS) is 29.0. The topological polar surface area (TPSA) is 26.3 Å². The summed E-state index contributed by atoms with van der Waals surface area (Å²) in [6, 6.07) is 0. The van der Waals surface area contributed by atoms with Gasteiger partial charge in [0.1, 0.15) is 0 Å². The average molecular weight is 128 g/mol. The van der Waals surface area contributed by atoms with Gasteiger partial charge in [-0.25, -0.2) is 0 Å². The van der Waals surface area contributed by atoms with Crippen molar-refractivity contribution in [2.45, 2.75) is 26.2 Å². The zero-order chi connectivity index (χ0) is 6.69. The molecule has 52 valence electrons. The molecule has 1 aliphatic rings. The van der Waals surface area contributed by atoms with Crippen LogP contribution in [0.4, 0.5) is 0 Å². The average Bonchev–Trinajstić information content (AvgIpc) is 1.97. The lowest BCUT2D eigenvalue weighted by Crippen LogP contribution is -2.05. The van der Waals surface area contributed by atoms with Crippen molar-refractivity contribution >= 4 is 5.97 Å². The van der Waals surface area contributed by atoms with Crippen molar-refractivity contribution in [3.8, 4) is 0 Å². The Morgan fingerprint density at radius 3 is 3.22 bits per heavy atom. The molecular formula is C7H12O2. The van der Waals surface area contributed by atoms with E-state index < -0.39 is 0 Å². The summed E-state index contributed by atoms with van der Waals surface area (Å²) in [4.78, 5) is 10.6. The van der Waals surface area contributed by atoms with Crippen molar-refractivity contribution in [3.05, 3.63) is 0 Å². The summed E-state index contributed by atoms with van der Waals surface area (Å²) in [7, 11) is 0. The van der Waals surface area contributed by atoms with Crippen LogP contribution < -0.4 is 0 Å². The fourth-order valence-corrected chi connectivity index (χ4v) is 0.986. The van der Waals surface area contributed by atoms with Crippen molar-refractivity contribution in [2.24, 2.45) is 5.92 Å². The Labute approximate surface area is 55.2 Å². The second kappa shape index (κ2) is 2.85. The van der Waals surface area contributed by atoms with Gasteiger partial charge in [0, 0.05) is 6.42 Å². The minimum absolute atomic E-state index is 0.0284. The first kappa shape index (κ1) is 6.59. The molecule has 0 aromatic rings. The largest absolute Gasteiger partial charge is 0.465 e. The van der Waals surface area contributed by atoms with Gasteiger partial charge in [-0.05, 0) is 18.8 Å². The molecule has 1 aliphatic heterocycles. The first-order chi connectivity index (χ1) is 4.29. The molecule has 0 amide bonds. The number of rotatable bonds is 0. The molecule has 0 N–H and O–H groups in total. The van der Waals surface area contributed by atoms with Gasteiger partial charge in [-0.3, -0.25) is 4.79 Å². The third kappa shape index (κ3) is 2.04. The Morgan fingerprint density at radius 1 is 1.67 bits per heavy atom. The number of ether oxygens (including phenoxy) is 1. The van der Waals surface area contributed by atoms with E-state index in [2.05, 4.69) is 6.92 Å². The number of carbonyl (C=O) groups excluding carboxylic acids is 1. The number of carbonyl (C=O) groups is 1. The predicted molar refractivity (Wildman–Crippen MR) is 34.0 cm³/mol. The van der Waals surface area contributed by atoms with E-state index in [1.54, 1.807) is 0 Å². The summed E-state index contributed by atoms with van der Waals surface area (Å²) in [6.07, 6.45) is 2.75. The fourth-order valence-electron chi connectivity index (χ4n) is 0.986. The lowest BCUT2D eigenvalue weighted by Gasteiger charge is -2.03. The maximum atomic E-state index is 10.6. The van der Waals surface area contributed by atoms with Crippen LogP contribution in [0.15, 0.2) is 0 Å². The Hall–Kier alpha value is -0.530. The third-order valence-corrected chi connectivity index (χ3v) is 1.61. The molecule has 2 heteroatoms. The molecule has 1 heterocycles. The zero-order valence-corrected chi connectivity index (χ0v) is 5.72. The van der Waals surface area contributed by atoms with Crippen molar-refractivity contribution < 1.29 is 9.53 Å². The van der Waals surface area contributed by atoms with Crippen molar-refractivity contribution in [1.29, 1.82) is 0 Å². The molecule has 1 unspecified atom stereocenters. The van der Waals surface area contributed by atoms with E-state index in [9.17, 15) is 4.79 Å². The first-order valence-corrected chi connectivity index (χ1v) is 3.44. The molecule has 0 aliphatic carbocycles. The number of hydrogen-bond acceptors (Lipinski definition) is 2. The van der Waals surface area contributed by atoms with Gasteiger partial charge >= 0.3 is 5.97 Å². The van der Waals surface area contributed by atoms with Gasteiger partial charge in [-0.1, -0.05) is 6.92 Å². The van der Waals surface area contributed by atoms with Gasteiger partial charge < -0.3 is 4.74 Å². The summed E-state index contributed by atoms with van der Waals surface area (Å²) in [5.41, 5.74) is 0. The van der Waals surface area contributed by atoms with Crippen LogP contribution in [0.1, 0.15) is 26.2 Å². The standard InChI is InChI=1S/C7H12O2/c1-6-3-2-4-7(8)9-5-6/h6H,2-5H2,1H3. The van der Waals surface area contributed by atoms with E-state index in [1.165, 1.54) is 0 Å². The molecule has 0 saturated carbocycles. The molecule has 1 rings (SSSR count). The molecule has 1 saturated heterocycles. The first-order valence-electron chi connectivity index (χ1n) is 3.44. The van der Waals surface area contributed by atoms with Crippen LogP contribution in [0.5, 0.6) is 0 Å². The highest BCUT2D eigenvalue weighted by Crippen LogP contribution is 2.13. The van der Waals surface area contributed by atoms with E-state index in [0.29, 0.717) is 18.9 Å². The molecule has 0 radical (unpaired) electrons. The Morgan fingerprint density at radius 2 is 2.44 bits per heavy atom. The number of esters is 1. The van der Waals surface area contributed by atoms with Crippen molar-refractivity contribution in [3.63, 3.8) is 0 Å². The van der Waals surface area contributed by atoms with E-state index in [-0.39, 0.29) is 5.97 Å². The molecule has 0 spiro atoms. The fraction of sp³-hybridized carbons (Fsp3) is 0.857. The molecule has 0 bridgehead atoms. The second-order valence-electron chi connectivity index (χ2n) is 2.68. The molecule has 0 aromatic carbocycles. The molecule has 1 atom stereocenters. The highest BCUT2D eigenvalue weighted by atomic mass is 16.5. The monoisotopic (exact) mass is 128 g/mol. The summed E-state index contributed by atoms with van der Waals surface area (Å²) in [6.45, 7) is 2.73. The summed E-state index contributed by atoms with van der Waals surface area (Å²) >= 11 is 0. The molecule has 9 heavy (non-hydrogen) atoms. The zero-order valence-electron chi connectivity index (χ0n) is 5.72. The maximum absolute atomic E-state index is 10.6. The Balaban J connectivity index is 2.34. The summed E-state index contributed by atoms with van der Waals surface area (Å²) < 4.78 is 4.88. The predicted octanol–water partition coefficient (Wildman–Crippen LogP) is 1.35. The van der Waals surface area contributed by atoms with E-state index >= 15 is 0 Å². The summed E-state index contributed by atoms with van der Waals surface area (Å²) in [5, 5.41) is 0. The maximum Gasteiger partial charge on any atom is 0.305 e. The van der Waals surface area contributed by atoms with Crippen LogP contribution in [0.2, 0.25) is 0 Å². The Bertz CT molecular complexity index is 109. The van der Waals surface area contributed by atoms with Crippen molar-refractivity contribution in [2.75, 3.05) is 6.61 Å². The summed E-state index contributed by atoms with van der Waals surface area (Å²) in [5.74, 6) is 0.538. The van der Waals surface area contributed by atoms with Gasteiger partial charge in [0.2, 0.25) is 0 Å². The van der Waals surface area contributed by atoms with E-state index in [0.717, 1.165) is 12.8 Å². The minimum Gasteiger partial charge on any atom is -0.465 e. The van der Waals surface area contributed by atoms with E-state index in [1.807, 2.05) is 0 Å². The molecule has 2 nitrogen and oxygen atoms in total. The van der Waals surface area contributed by atoms with Crippen LogP contribution >= 0.6 is 0 Å². The van der Waals surface area contributed by atoms with Gasteiger partial charge in [0.15, 0.2) is 0 Å². The Kier molecular flexibility index (Phi) is 2.09. The van der Waals surface area contributed by atoms with Crippen LogP contribution in [0.25, 0.3) is 0 Å². The SMILES string of the molecule is CC1CCCC(=O)OC1. The quantitative estimate of drug-likeness (QED) is 0.460. The van der Waals surface area contributed by atoms with Crippen molar-refractivity contribution in [1.82, 2.24) is 0 Å². The molecule has 1 fully saturated rings. The molecular weight excluding hydrogens is 116 g/mol. The van der Waals surface area contributed by atoms with Crippen LogP contribution in [-0.2, 0) is 9.53 Å². The van der Waals surface area contributed by atoms with Crippen LogP contribution in [0, 0.1) is 5.92 Å². The smallest absolute Gasteiger partial charge is 0.305 e. The lowest BCUT2D eigenvalue weighted by molar-refractivity contribution is -0.143. The number of cyclic esters (lactones) is 1. The van der Waals surface area contributed by atoms with Crippen LogP contribution in [-0.4, -0.2) is 12.6 Å². The minimum atomic E-state index is -0.0284. The van der Waals surface area contributed by atoms with Gasteiger partial charge in [-0.15, -0.1) is 0 Å². The highest BCUT2D eigenvalue weighted by Gasteiger charge is 2.12. The molecule has 0 aromatic heterocycles. The van der Waals surface area contributed by atoms with Gasteiger partial charge in [0.05, 0.1) is 6.61 Å².